The van der Waals surface area contributed by atoms with Crippen LogP contribution in [0.25, 0.3) is 5.13 Å². The third kappa shape index (κ3) is 3.57. The number of fused-ring (bicyclic) bond motifs is 1. The van der Waals surface area contributed by atoms with Gasteiger partial charge in [-0.05, 0) is 30.5 Å². The molecule has 5 heterocycles. The fraction of sp³-hybridized carbons (Fsp3) is 0.200. The average molecular weight is 456 g/mol. The van der Waals surface area contributed by atoms with Gasteiger partial charge < -0.3 is 9.47 Å². The summed E-state index contributed by atoms with van der Waals surface area (Å²) in [5.41, 5.74) is 2.33. The van der Waals surface area contributed by atoms with Gasteiger partial charge in [-0.1, -0.05) is 22.7 Å². The maximum absolute atomic E-state index is 13.2. The Balaban J connectivity index is 1.32. The fourth-order valence-corrected chi connectivity index (χ4v) is 5.94. The van der Waals surface area contributed by atoms with Crippen molar-refractivity contribution in [2.75, 3.05) is 11.9 Å². The first kappa shape index (κ1) is 19.2. The van der Waals surface area contributed by atoms with E-state index in [1.165, 1.54) is 34.0 Å². The zero-order valence-corrected chi connectivity index (χ0v) is 18.4. The molecule has 0 spiro atoms. The molecule has 2 amide bonds. The second kappa shape index (κ2) is 7.78. The first-order chi connectivity index (χ1) is 14.6. The monoisotopic (exact) mass is 455 g/mol. The zero-order chi connectivity index (χ0) is 20.7. The molecule has 7 nitrogen and oxygen atoms in total. The number of thiophene rings is 1. The Hall–Kier alpha value is -2.82. The van der Waals surface area contributed by atoms with E-state index in [9.17, 15) is 9.59 Å². The van der Waals surface area contributed by atoms with Crippen molar-refractivity contribution in [3.05, 3.63) is 68.1 Å². The molecule has 4 aromatic rings. The molecule has 1 N–H and O–H groups in total. The van der Waals surface area contributed by atoms with Crippen LogP contribution in [0.4, 0.5) is 5.13 Å². The predicted molar refractivity (Wildman–Crippen MR) is 119 cm³/mol. The first-order valence-corrected chi connectivity index (χ1v) is 11.9. The summed E-state index contributed by atoms with van der Waals surface area (Å²) < 4.78 is 1.91. The standard InChI is InChI=1S/C20H17N5O2S3/c1-12-16(30-20(21-12)24-6-2-3-7-24)18(27)25-8-4-14-15(10-25)29-19(22-14)23-17(26)13-5-9-28-11-13/h2-3,5-7,9,11H,4,8,10H2,1H3,(H,22,23,26). The van der Waals surface area contributed by atoms with E-state index in [1.54, 1.807) is 6.07 Å². The van der Waals surface area contributed by atoms with Crippen LogP contribution in [0.2, 0.25) is 0 Å². The maximum Gasteiger partial charge on any atom is 0.266 e. The number of aryl methyl sites for hydroxylation is 1. The molecule has 0 bridgehead atoms. The highest BCUT2D eigenvalue weighted by Gasteiger charge is 2.28. The third-order valence-corrected chi connectivity index (χ3v) is 7.67. The Morgan fingerprint density at radius 1 is 1.17 bits per heavy atom. The van der Waals surface area contributed by atoms with Crippen molar-refractivity contribution < 1.29 is 9.59 Å². The topological polar surface area (TPSA) is 80.1 Å². The van der Waals surface area contributed by atoms with Gasteiger partial charge >= 0.3 is 0 Å². The second-order valence-corrected chi connectivity index (χ2v) is 9.67. The molecule has 1 aliphatic heterocycles. The Kier molecular flexibility index (Phi) is 4.97. The molecule has 0 saturated heterocycles. The van der Waals surface area contributed by atoms with Gasteiger partial charge in [0.1, 0.15) is 4.88 Å². The number of nitrogens with one attached hydrogen (secondary N) is 1. The van der Waals surface area contributed by atoms with Gasteiger partial charge in [-0.2, -0.15) is 11.3 Å². The summed E-state index contributed by atoms with van der Waals surface area (Å²) in [6.07, 6.45) is 4.51. The lowest BCUT2D eigenvalue weighted by atomic mass is 10.1. The van der Waals surface area contributed by atoms with Crippen molar-refractivity contribution in [3.8, 4) is 5.13 Å². The van der Waals surface area contributed by atoms with Crippen molar-refractivity contribution >= 4 is 51.0 Å². The number of hydrogen-bond acceptors (Lipinski definition) is 7. The van der Waals surface area contributed by atoms with Crippen molar-refractivity contribution in [2.24, 2.45) is 0 Å². The summed E-state index contributed by atoms with van der Waals surface area (Å²) in [6, 6.07) is 5.65. The van der Waals surface area contributed by atoms with E-state index in [0.29, 0.717) is 35.1 Å². The van der Waals surface area contributed by atoms with Crippen LogP contribution in [0.5, 0.6) is 0 Å². The first-order valence-electron chi connectivity index (χ1n) is 9.30. The fourth-order valence-electron chi connectivity index (χ4n) is 3.28. The SMILES string of the molecule is Cc1nc(-n2cccc2)sc1C(=O)N1CCc2nc(NC(=O)c3ccsc3)sc2C1. The molecule has 10 heteroatoms. The summed E-state index contributed by atoms with van der Waals surface area (Å²) in [5.74, 6) is -0.167. The van der Waals surface area contributed by atoms with E-state index in [2.05, 4.69) is 15.3 Å². The van der Waals surface area contributed by atoms with Gasteiger partial charge in [0, 0.05) is 35.6 Å². The van der Waals surface area contributed by atoms with E-state index in [1.807, 2.05) is 51.7 Å². The summed E-state index contributed by atoms with van der Waals surface area (Å²) in [4.78, 5) is 38.1. The minimum Gasteiger partial charge on any atom is -0.332 e. The highest BCUT2D eigenvalue weighted by Crippen LogP contribution is 2.31. The maximum atomic E-state index is 13.2. The van der Waals surface area contributed by atoms with Crippen molar-refractivity contribution in [1.82, 2.24) is 19.4 Å². The van der Waals surface area contributed by atoms with E-state index >= 15 is 0 Å². The Labute approximate surface area is 184 Å². The second-order valence-electron chi connectivity index (χ2n) is 6.83. The van der Waals surface area contributed by atoms with Crippen LogP contribution >= 0.6 is 34.0 Å². The number of aromatic nitrogens is 3. The molecule has 0 saturated carbocycles. The molecule has 0 atom stereocenters. The van der Waals surface area contributed by atoms with Gasteiger partial charge in [0.05, 0.1) is 23.5 Å². The Bertz CT molecular complexity index is 1210. The lowest BCUT2D eigenvalue weighted by Crippen LogP contribution is -2.35. The van der Waals surface area contributed by atoms with Gasteiger partial charge in [-0.15, -0.1) is 0 Å². The smallest absolute Gasteiger partial charge is 0.266 e. The molecule has 152 valence electrons. The van der Waals surface area contributed by atoms with Gasteiger partial charge in [0.15, 0.2) is 10.3 Å². The lowest BCUT2D eigenvalue weighted by molar-refractivity contribution is 0.0740. The van der Waals surface area contributed by atoms with E-state index in [0.717, 1.165) is 21.4 Å². The van der Waals surface area contributed by atoms with Crippen LogP contribution in [0.15, 0.2) is 41.4 Å². The molecule has 4 aromatic heterocycles. The van der Waals surface area contributed by atoms with Crippen LogP contribution < -0.4 is 5.32 Å². The number of thiazole rings is 2. The normalized spacial score (nSPS) is 13.3. The highest BCUT2D eigenvalue weighted by molar-refractivity contribution is 7.16. The molecule has 5 rings (SSSR count). The van der Waals surface area contributed by atoms with Gasteiger partial charge in [0.2, 0.25) is 0 Å². The Morgan fingerprint density at radius 3 is 2.77 bits per heavy atom. The van der Waals surface area contributed by atoms with E-state index in [4.69, 9.17) is 0 Å². The largest absolute Gasteiger partial charge is 0.332 e. The van der Waals surface area contributed by atoms with Crippen LogP contribution in [0, 0.1) is 6.92 Å². The predicted octanol–water partition coefficient (Wildman–Crippen LogP) is 4.21. The number of carbonyl (C=O) groups is 2. The quantitative estimate of drug-likeness (QED) is 0.500. The van der Waals surface area contributed by atoms with Crippen LogP contribution in [-0.2, 0) is 13.0 Å². The van der Waals surface area contributed by atoms with Gasteiger partial charge in [-0.25, -0.2) is 9.97 Å². The number of anilines is 1. The molecule has 0 radical (unpaired) electrons. The summed E-state index contributed by atoms with van der Waals surface area (Å²) >= 11 is 4.32. The molecular weight excluding hydrogens is 438 g/mol. The minimum absolute atomic E-state index is 0.00804. The molecule has 1 aliphatic rings. The molecule has 0 aromatic carbocycles. The van der Waals surface area contributed by atoms with Crippen LogP contribution in [0.1, 0.15) is 36.3 Å². The molecule has 0 unspecified atom stereocenters. The Morgan fingerprint density at radius 2 is 2.00 bits per heavy atom. The summed E-state index contributed by atoms with van der Waals surface area (Å²) in [7, 11) is 0. The molecular formula is C20H17N5O2S3. The summed E-state index contributed by atoms with van der Waals surface area (Å²) in [6.45, 7) is 2.97. The van der Waals surface area contributed by atoms with Gasteiger partial charge in [0.25, 0.3) is 11.8 Å². The third-order valence-electron chi connectivity index (χ3n) is 4.83. The summed E-state index contributed by atoms with van der Waals surface area (Å²) in [5, 5.41) is 7.91. The highest BCUT2D eigenvalue weighted by atomic mass is 32.1. The van der Waals surface area contributed by atoms with Crippen molar-refractivity contribution in [2.45, 2.75) is 19.9 Å². The number of rotatable bonds is 4. The van der Waals surface area contributed by atoms with Crippen molar-refractivity contribution in [3.63, 3.8) is 0 Å². The number of hydrogen-bond donors (Lipinski definition) is 1. The van der Waals surface area contributed by atoms with E-state index < -0.39 is 0 Å². The number of amides is 2. The number of nitrogens with zero attached hydrogens (tertiary/aromatic N) is 4. The van der Waals surface area contributed by atoms with E-state index in [-0.39, 0.29) is 11.8 Å². The van der Waals surface area contributed by atoms with Gasteiger partial charge in [-0.3, -0.25) is 14.9 Å². The number of carbonyl (C=O) groups excluding carboxylic acids is 2. The lowest BCUT2D eigenvalue weighted by Gasteiger charge is -2.25. The average Bonchev–Trinajstić information content (AvgIpc) is 3.52. The zero-order valence-electron chi connectivity index (χ0n) is 16.0. The minimum atomic E-state index is -0.159. The molecule has 0 fully saturated rings. The molecule has 30 heavy (non-hydrogen) atoms. The van der Waals surface area contributed by atoms with Crippen LogP contribution in [-0.4, -0.2) is 37.8 Å². The van der Waals surface area contributed by atoms with Crippen LogP contribution in [0.3, 0.4) is 0 Å². The molecule has 0 aliphatic carbocycles. The van der Waals surface area contributed by atoms with Crippen molar-refractivity contribution in [1.29, 1.82) is 0 Å².